The summed E-state index contributed by atoms with van der Waals surface area (Å²) in [4.78, 5) is 12.0. The van der Waals surface area contributed by atoms with E-state index in [4.69, 9.17) is 4.74 Å². The van der Waals surface area contributed by atoms with Crippen molar-refractivity contribution in [2.75, 3.05) is 24.3 Å². The molecule has 0 aliphatic rings. The molecule has 1 aromatic heterocycles. The minimum atomic E-state index is -0.00182. The number of amides is 1. The second-order valence-corrected chi connectivity index (χ2v) is 5.83. The third-order valence-corrected chi connectivity index (χ3v) is 4.13. The van der Waals surface area contributed by atoms with E-state index in [1.165, 1.54) is 5.56 Å². The lowest BCUT2D eigenvalue weighted by Crippen LogP contribution is -2.22. The van der Waals surface area contributed by atoms with Gasteiger partial charge in [0.1, 0.15) is 11.6 Å². The maximum atomic E-state index is 12.0. The Labute approximate surface area is 149 Å². The van der Waals surface area contributed by atoms with Crippen molar-refractivity contribution in [2.24, 2.45) is 5.92 Å². The van der Waals surface area contributed by atoms with E-state index in [0.717, 1.165) is 31.6 Å². The van der Waals surface area contributed by atoms with Gasteiger partial charge in [-0.25, -0.2) is 0 Å². The van der Waals surface area contributed by atoms with Crippen LogP contribution in [0, 0.1) is 5.92 Å². The summed E-state index contributed by atoms with van der Waals surface area (Å²) in [5.74, 6) is 2.04. The Balaban J connectivity index is 1.82. The van der Waals surface area contributed by atoms with E-state index in [9.17, 15) is 4.79 Å². The number of hydrogen-bond acceptors (Lipinski definition) is 5. The lowest BCUT2D eigenvalue weighted by atomic mass is 10.0. The zero-order valence-corrected chi connectivity index (χ0v) is 15.1. The summed E-state index contributed by atoms with van der Waals surface area (Å²) in [6.45, 7) is 4.75. The Hall–Kier alpha value is -2.63. The molecular weight excluding hydrogens is 316 g/mol. The van der Waals surface area contributed by atoms with E-state index in [0.29, 0.717) is 11.6 Å². The van der Waals surface area contributed by atoms with Crippen molar-refractivity contribution in [2.45, 2.75) is 33.1 Å². The van der Waals surface area contributed by atoms with E-state index in [-0.39, 0.29) is 11.8 Å². The fourth-order valence-corrected chi connectivity index (χ4v) is 2.54. The van der Waals surface area contributed by atoms with E-state index < -0.39 is 0 Å². The van der Waals surface area contributed by atoms with Gasteiger partial charge >= 0.3 is 0 Å². The molecule has 1 heterocycles. The van der Waals surface area contributed by atoms with Crippen molar-refractivity contribution in [1.29, 1.82) is 0 Å². The Kier molecular flexibility index (Phi) is 7.19. The predicted molar refractivity (Wildman–Crippen MR) is 99.9 cm³/mol. The van der Waals surface area contributed by atoms with Crippen molar-refractivity contribution in [3.8, 4) is 5.75 Å². The minimum absolute atomic E-state index is 0.00182. The molecule has 6 nitrogen and oxygen atoms in total. The van der Waals surface area contributed by atoms with Crippen LogP contribution < -0.4 is 15.4 Å². The fourth-order valence-electron chi connectivity index (χ4n) is 2.54. The van der Waals surface area contributed by atoms with Crippen LogP contribution in [0.1, 0.15) is 32.3 Å². The number of carbonyl (C=O) groups is 1. The van der Waals surface area contributed by atoms with Crippen LogP contribution >= 0.6 is 0 Å². The number of aromatic nitrogens is 2. The lowest BCUT2D eigenvalue weighted by molar-refractivity contribution is -0.120. The van der Waals surface area contributed by atoms with Crippen molar-refractivity contribution in [3.05, 3.63) is 42.0 Å². The second-order valence-electron chi connectivity index (χ2n) is 5.83. The van der Waals surface area contributed by atoms with Crippen LogP contribution in [0.2, 0.25) is 0 Å². The van der Waals surface area contributed by atoms with Gasteiger partial charge in [0.25, 0.3) is 0 Å². The highest BCUT2D eigenvalue weighted by Crippen LogP contribution is 2.14. The molecule has 1 aromatic carbocycles. The van der Waals surface area contributed by atoms with Gasteiger partial charge in [-0.3, -0.25) is 4.79 Å². The van der Waals surface area contributed by atoms with Gasteiger partial charge in [0, 0.05) is 12.5 Å². The number of hydrogen-bond donors (Lipinski definition) is 2. The number of rotatable bonds is 9. The molecule has 0 fully saturated rings. The number of ether oxygens (including phenoxy) is 1. The van der Waals surface area contributed by atoms with E-state index in [1.54, 1.807) is 13.2 Å². The van der Waals surface area contributed by atoms with E-state index in [2.05, 4.69) is 26.9 Å². The summed E-state index contributed by atoms with van der Waals surface area (Å²) in [6, 6.07) is 11.6. The molecule has 2 aromatic rings. The number of nitrogens with zero attached hydrogens (tertiary/aromatic N) is 2. The fraction of sp³-hybridized carbons (Fsp3) is 0.421. The largest absolute Gasteiger partial charge is 0.497 e. The molecule has 0 saturated heterocycles. The van der Waals surface area contributed by atoms with Crippen LogP contribution in [0.4, 0.5) is 11.6 Å². The Morgan fingerprint density at radius 3 is 2.48 bits per heavy atom. The monoisotopic (exact) mass is 342 g/mol. The molecule has 134 valence electrons. The van der Waals surface area contributed by atoms with Gasteiger partial charge in [0.2, 0.25) is 5.91 Å². The number of anilines is 2. The van der Waals surface area contributed by atoms with Crippen molar-refractivity contribution < 1.29 is 9.53 Å². The molecule has 0 radical (unpaired) electrons. The first kappa shape index (κ1) is 18.7. The Bertz CT molecular complexity index is 669. The normalized spacial score (nSPS) is 10.6. The molecule has 0 aliphatic carbocycles. The van der Waals surface area contributed by atoms with Gasteiger partial charge in [-0.1, -0.05) is 26.0 Å². The van der Waals surface area contributed by atoms with Gasteiger partial charge < -0.3 is 15.4 Å². The first-order chi connectivity index (χ1) is 12.2. The summed E-state index contributed by atoms with van der Waals surface area (Å²) < 4.78 is 5.22. The highest BCUT2D eigenvalue weighted by molar-refractivity contribution is 5.91. The Morgan fingerprint density at radius 2 is 1.84 bits per heavy atom. The van der Waals surface area contributed by atoms with Gasteiger partial charge in [-0.15, -0.1) is 10.2 Å². The van der Waals surface area contributed by atoms with Crippen LogP contribution in [0.3, 0.4) is 0 Å². The van der Waals surface area contributed by atoms with Crippen LogP contribution in [0.5, 0.6) is 5.75 Å². The number of benzene rings is 1. The van der Waals surface area contributed by atoms with Gasteiger partial charge in [-0.05, 0) is 49.1 Å². The summed E-state index contributed by atoms with van der Waals surface area (Å²) in [5, 5.41) is 14.2. The lowest BCUT2D eigenvalue weighted by Gasteiger charge is -2.12. The summed E-state index contributed by atoms with van der Waals surface area (Å²) in [7, 11) is 1.66. The topological polar surface area (TPSA) is 76.1 Å². The van der Waals surface area contributed by atoms with Crippen molar-refractivity contribution in [3.63, 3.8) is 0 Å². The molecule has 2 N–H and O–H groups in total. The molecule has 0 aliphatic heterocycles. The quantitative estimate of drug-likeness (QED) is 0.729. The standard InChI is InChI=1S/C19H26N4O2/c1-4-15(5-2)19(24)21-18-10-9-17(22-23-18)20-12-11-14-7-6-8-16(13-14)25-3/h6-10,13,15H,4-5,11-12H2,1-3H3,(H,20,22)(H,21,23,24). The third-order valence-electron chi connectivity index (χ3n) is 4.13. The van der Waals surface area contributed by atoms with Gasteiger partial charge in [0.05, 0.1) is 7.11 Å². The van der Waals surface area contributed by atoms with Gasteiger partial charge in [-0.2, -0.15) is 0 Å². The SMILES string of the molecule is CCC(CC)C(=O)Nc1ccc(NCCc2cccc(OC)c2)nn1. The number of nitrogens with one attached hydrogen (secondary N) is 2. The minimum Gasteiger partial charge on any atom is -0.497 e. The summed E-state index contributed by atoms with van der Waals surface area (Å²) in [6.07, 6.45) is 2.49. The van der Waals surface area contributed by atoms with Crippen LogP contribution in [0.25, 0.3) is 0 Å². The average molecular weight is 342 g/mol. The zero-order chi connectivity index (χ0) is 18.1. The van der Waals surface area contributed by atoms with Crippen molar-refractivity contribution in [1.82, 2.24) is 10.2 Å². The number of methoxy groups -OCH3 is 1. The predicted octanol–water partition coefficient (Wildman–Crippen LogP) is 3.51. The summed E-state index contributed by atoms with van der Waals surface area (Å²) >= 11 is 0. The molecule has 2 rings (SSSR count). The van der Waals surface area contributed by atoms with Crippen LogP contribution in [-0.4, -0.2) is 29.8 Å². The molecule has 6 heteroatoms. The van der Waals surface area contributed by atoms with E-state index in [1.807, 2.05) is 38.1 Å². The Morgan fingerprint density at radius 1 is 1.12 bits per heavy atom. The average Bonchev–Trinajstić information content (AvgIpc) is 2.64. The highest BCUT2D eigenvalue weighted by atomic mass is 16.5. The molecule has 0 spiro atoms. The molecule has 0 bridgehead atoms. The van der Waals surface area contributed by atoms with Gasteiger partial charge in [0.15, 0.2) is 5.82 Å². The molecule has 1 amide bonds. The zero-order valence-electron chi connectivity index (χ0n) is 15.1. The van der Waals surface area contributed by atoms with Crippen LogP contribution in [-0.2, 0) is 11.2 Å². The first-order valence-electron chi connectivity index (χ1n) is 8.67. The second kappa shape index (κ2) is 9.61. The third kappa shape index (κ3) is 5.74. The molecular formula is C19H26N4O2. The molecule has 25 heavy (non-hydrogen) atoms. The summed E-state index contributed by atoms with van der Waals surface area (Å²) in [5.41, 5.74) is 1.19. The first-order valence-corrected chi connectivity index (χ1v) is 8.67. The molecule has 0 unspecified atom stereocenters. The van der Waals surface area contributed by atoms with Crippen molar-refractivity contribution >= 4 is 17.5 Å². The maximum Gasteiger partial charge on any atom is 0.228 e. The molecule has 0 atom stereocenters. The van der Waals surface area contributed by atoms with Crippen LogP contribution in [0.15, 0.2) is 36.4 Å². The highest BCUT2D eigenvalue weighted by Gasteiger charge is 2.14. The maximum absolute atomic E-state index is 12.0. The molecule has 0 saturated carbocycles. The smallest absolute Gasteiger partial charge is 0.228 e. The number of carbonyl (C=O) groups excluding carboxylic acids is 1. The van der Waals surface area contributed by atoms with E-state index >= 15 is 0 Å².